The van der Waals surface area contributed by atoms with E-state index in [2.05, 4.69) is 13.2 Å². The lowest BCUT2D eigenvalue weighted by Gasteiger charge is -2.39. The highest BCUT2D eigenvalue weighted by Crippen LogP contribution is 2.23. The third-order valence-electron chi connectivity index (χ3n) is 3.67. The lowest BCUT2D eigenvalue weighted by Crippen LogP contribution is -2.59. The smallest absolute Gasteiger partial charge is 0.335 e. The van der Waals surface area contributed by atoms with Gasteiger partial charge >= 0.3 is 11.9 Å². The first-order chi connectivity index (χ1) is 12.2. The van der Waals surface area contributed by atoms with Crippen molar-refractivity contribution < 1.29 is 49.3 Å². The van der Waals surface area contributed by atoms with E-state index in [-0.39, 0.29) is 37.2 Å². The zero-order valence-corrected chi connectivity index (χ0v) is 14.1. The molecule has 1 fully saturated rings. The molecule has 5 N–H and O–H groups in total. The Balaban J connectivity index is 2.69. The highest BCUT2D eigenvalue weighted by molar-refractivity contribution is 5.88. The number of rotatable bonds is 9. The monoisotopic (exact) mass is 376 g/mol. The summed E-state index contributed by atoms with van der Waals surface area (Å²) in [5, 5.41) is 47.2. The van der Waals surface area contributed by atoms with Gasteiger partial charge in [0.05, 0.1) is 0 Å². The SMILES string of the molecule is C=C(CCO)C(=O)OC[C@H]1O[C@@H](OC(=O)C(=C)CCO)[C@H](O)[C@@H](O)[C@@H]1O. The first-order valence-electron chi connectivity index (χ1n) is 7.88. The molecule has 10 nitrogen and oxygen atoms in total. The predicted octanol–water partition coefficient (Wildman–Crippen LogP) is -2.24. The Morgan fingerprint density at radius 2 is 1.42 bits per heavy atom. The van der Waals surface area contributed by atoms with Crippen LogP contribution in [0, 0.1) is 0 Å². The molecule has 0 bridgehead atoms. The fraction of sp³-hybridized carbons (Fsp3) is 0.625. The van der Waals surface area contributed by atoms with Gasteiger partial charge in [0.2, 0.25) is 6.29 Å². The van der Waals surface area contributed by atoms with Crippen molar-refractivity contribution in [2.75, 3.05) is 19.8 Å². The number of aliphatic hydroxyl groups is 5. The number of ether oxygens (including phenoxy) is 3. The van der Waals surface area contributed by atoms with Gasteiger partial charge in [0, 0.05) is 37.2 Å². The van der Waals surface area contributed by atoms with Crippen molar-refractivity contribution in [3.63, 3.8) is 0 Å². The van der Waals surface area contributed by atoms with E-state index in [1.807, 2.05) is 0 Å². The van der Waals surface area contributed by atoms with E-state index in [4.69, 9.17) is 24.4 Å². The third kappa shape index (κ3) is 5.87. The lowest BCUT2D eigenvalue weighted by atomic mass is 9.99. The maximum Gasteiger partial charge on any atom is 0.335 e. The van der Waals surface area contributed by atoms with Crippen molar-refractivity contribution in [1.29, 1.82) is 0 Å². The Kier molecular flexibility index (Phi) is 8.85. The zero-order chi connectivity index (χ0) is 19.9. The van der Waals surface area contributed by atoms with Crippen LogP contribution in [-0.4, -0.2) is 88.0 Å². The fourth-order valence-corrected chi connectivity index (χ4v) is 2.07. The number of hydrogen-bond donors (Lipinski definition) is 5. The minimum absolute atomic E-state index is 0.00144. The third-order valence-corrected chi connectivity index (χ3v) is 3.67. The quantitative estimate of drug-likeness (QED) is 0.219. The molecule has 26 heavy (non-hydrogen) atoms. The second kappa shape index (κ2) is 10.4. The maximum atomic E-state index is 11.8. The average Bonchev–Trinajstić information content (AvgIpc) is 2.61. The highest BCUT2D eigenvalue weighted by Gasteiger charge is 2.46. The van der Waals surface area contributed by atoms with Crippen LogP contribution >= 0.6 is 0 Å². The van der Waals surface area contributed by atoms with Crippen LogP contribution < -0.4 is 0 Å². The molecular formula is C16H24O10. The van der Waals surface area contributed by atoms with Crippen LogP contribution in [0.5, 0.6) is 0 Å². The van der Waals surface area contributed by atoms with Gasteiger partial charge in [0.25, 0.3) is 0 Å². The van der Waals surface area contributed by atoms with E-state index in [1.54, 1.807) is 0 Å². The van der Waals surface area contributed by atoms with E-state index in [0.29, 0.717) is 0 Å². The summed E-state index contributed by atoms with van der Waals surface area (Å²) in [4.78, 5) is 23.4. The molecule has 1 aliphatic heterocycles. The molecule has 10 heteroatoms. The lowest BCUT2D eigenvalue weighted by molar-refractivity contribution is -0.292. The summed E-state index contributed by atoms with van der Waals surface area (Å²) in [6, 6.07) is 0. The van der Waals surface area contributed by atoms with Crippen LogP contribution in [-0.2, 0) is 23.8 Å². The molecular weight excluding hydrogens is 352 g/mol. The molecule has 0 saturated carbocycles. The standard InChI is InChI=1S/C16H24O10/c1-8(3-5-17)14(22)24-7-10-11(19)12(20)13(21)16(25-10)26-15(23)9(2)4-6-18/h10-13,16-21H,1-7H2/t10-,11-,12+,13-,16+/m1/s1. The van der Waals surface area contributed by atoms with E-state index < -0.39 is 49.3 Å². The number of hydrogen-bond acceptors (Lipinski definition) is 10. The van der Waals surface area contributed by atoms with Crippen LogP contribution in [0.3, 0.4) is 0 Å². The number of carbonyl (C=O) groups excluding carboxylic acids is 2. The van der Waals surface area contributed by atoms with Gasteiger partial charge in [-0.1, -0.05) is 13.2 Å². The molecule has 1 rings (SSSR count). The number of esters is 2. The average molecular weight is 376 g/mol. The minimum atomic E-state index is -1.74. The molecule has 1 heterocycles. The Hall–Kier alpha value is -1.82. The van der Waals surface area contributed by atoms with Gasteiger partial charge in [-0.05, 0) is 0 Å². The van der Waals surface area contributed by atoms with Crippen LogP contribution in [0.25, 0.3) is 0 Å². The van der Waals surface area contributed by atoms with Crippen molar-refractivity contribution in [2.45, 2.75) is 43.5 Å². The Morgan fingerprint density at radius 3 is 1.96 bits per heavy atom. The van der Waals surface area contributed by atoms with Crippen LogP contribution in [0.1, 0.15) is 12.8 Å². The summed E-state index contributed by atoms with van der Waals surface area (Å²) in [7, 11) is 0. The second-order valence-electron chi connectivity index (χ2n) is 5.67. The molecule has 0 amide bonds. The van der Waals surface area contributed by atoms with Gasteiger partial charge < -0.3 is 39.7 Å². The van der Waals surface area contributed by atoms with Gasteiger partial charge in [-0.15, -0.1) is 0 Å². The molecule has 5 atom stereocenters. The Morgan fingerprint density at radius 1 is 0.885 bits per heavy atom. The molecule has 0 aromatic rings. The van der Waals surface area contributed by atoms with Gasteiger partial charge in [0.15, 0.2) is 0 Å². The summed E-state index contributed by atoms with van der Waals surface area (Å²) in [6.45, 7) is 5.68. The first kappa shape index (κ1) is 22.2. The normalized spacial score (nSPS) is 28.3. The summed E-state index contributed by atoms with van der Waals surface area (Å²) >= 11 is 0. The largest absolute Gasteiger partial charge is 0.459 e. The van der Waals surface area contributed by atoms with E-state index >= 15 is 0 Å². The number of aliphatic hydroxyl groups excluding tert-OH is 5. The zero-order valence-electron chi connectivity index (χ0n) is 14.1. The van der Waals surface area contributed by atoms with Crippen LogP contribution in [0.4, 0.5) is 0 Å². The molecule has 0 unspecified atom stereocenters. The van der Waals surface area contributed by atoms with Crippen molar-refractivity contribution >= 4 is 11.9 Å². The molecule has 0 spiro atoms. The van der Waals surface area contributed by atoms with E-state index in [1.165, 1.54) is 0 Å². The van der Waals surface area contributed by atoms with Crippen LogP contribution in [0.15, 0.2) is 24.3 Å². The molecule has 0 aliphatic carbocycles. The molecule has 0 radical (unpaired) electrons. The Labute approximate surface area is 149 Å². The Bertz CT molecular complexity index is 529. The fourth-order valence-electron chi connectivity index (χ4n) is 2.07. The summed E-state index contributed by atoms with van der Waals surface area (Å²) in [6.07, 6.45) is -8.06. The summed E-state index contributed by atoms with van der Waals surface area (Å²) in [5.74, 6) is -1.79. The van der Waals surface area contributed by atoms with Gasteiger partial charge in [0.1, 0.15) is 31.0 Å². The highest BCUT2D eigenvalue weighted by atomic mass is 16.7. The van der Waals surface area contributed by atoms with Crippen molar-refractivity contribution in [3.8, 4) is 0 Å². The molecule has 1 aliphatic rings. The van der Waals surface area contributed by atoms with Crippen LogP contribution in [0.2, 0.25) is 0 Å². The topological polar surface area (TPSA) is 163 Å². The van der Waals surface area contributed by atoms with Crippen molar-refractivity contribution in [1.82, 2.24) is 0 Å². The summed E-state index contributed by atoms with van der Waals surface area (Å²) < 4.78 is 15.0. The van der Waals surface area contributed by atoms with Gasteiger partial charge in [-0.2, -0.15) is 0 Å². The van der Waals surface area contributed by atoms with Gasteiger partial charge in [-0.3, -0.25) is 0 Å². The molecule has 0 aromatic heterocycles. The van der Waals surface area contributed by atoms with Crippen molar-refractivity contribution in [3.05, 3.63) is 24.3 Å². The van der Waals surface area contributed by atoms with Gasteiger partial charge in [-0.25, -0.2) is 9.59 Å². The van der Waals surface area contributed by atoms with E-state index in [0.717, 1.165) is 0 Å². The second-order valence-corrected chi connectivity index (χ2v) is 5.67. The minimum Gasteiger partial charge on any atom is -0.459 e. The first-order valence-corrected chi connectivity index (χ1v) is 7.88. The molecule has 0 aromatic carbocycles. The summed E-state index contributed by atoms with van der Waals surface area (Å²) in [5.41, 5.74) is -0.0751. The number of carbonyl (C=O) groups is 2. The van der Waals surface area contributed by atoms with E-state index in [9.17, 15) is 24.9 Å². The molecule has 148 valence electrons. The molecule has 1 saturated heterocycles. The maximum absolute atomic E-state index is 11.8. The predicted molar refractivity (Wildman–Crippen MR) is 85.4 cm³/mol. The van der Waals surface area contributed by atoms with Crippen molar-refractivity contribution in [2.24, 2.45) is 0 Å².